The Labute approximate surface area is 186 Å². The fourth-order valence-corrected chi connectivity index (χ4v) is 3.40. The molecule has 1 aliphatic heterocycles. The lowest BCUT2D eigenvalue weighted by molar-refractivity contribution is 0.0196. The molecule has 3 heterocycles. The van der Waals surface area contributed by atoms with Crippen molar-refractivity contribution in [3.63, 3.8) is 0 Å². The average molecular weight is 450 g/mol. The van der Waals surface area contributed by atoms with Crippen LogP contribution in [-0.2, 0) is 4.74 Å². The van der Waals surface area contributed by atoms with Crippen LogP contribution >= 0.6 is 24.0 Å². The van der Waals surface area contributed by atoms with E-state index < -0.39 is 5.60 Å². The number of amides is 1. The third-order valence-corrected chi connectivity index (χ3v) is 5.91. The number of likely N-dealkylation sites (N-methyl/N-ethyl adjacent to an activating group) is 1. The molecule has 0 radical (unpaired) electrons. The monoisotopic (exact) mass is 449 g/mol. The van der Waals surface area contributed by atoms with E-state index in [2.05, 4.69) is 20.0 Å². The number of carbonyl (C=O) groups excluding carboxylic acids is 1. The number of nitrogens with zero attached hydrogens (tertiary/aromatic N) is 6. The van der Waals surface area contributed by atoms with Gasteiger partial charge < -0.3 is 20.3 Å². The van der Waals surface area contributed by atoms with Gasteiger partial charge in [-0.3, -0.25) is 0 Å². The number of nitrogen functional groups attached to an aromatic ring is 1. The average Bonchev–Trinajstić information content (AvgIpc) is 2.99. The number of rotatable bonds is 3. The zero-order chi connectivity index (χ0) is 22.2. The van der Waals surface area contributed by atoms with Crippen molar-refractivity contribution in [1.82, 2.24) is 24.6 Å². The summed E-state index contributed by atoms with van der Waals surface area (Å²) in [5.41, 5.74) is 7.80. The summed E-state index contributed by atoms with van der Waals surface area (Å²) in [6, 6.07) is 1.93. The van der Waals surface area contributed by atoms with Gasteiger partial charge in [-0.15, -0.1) is 0 Å². The van der Waals surface area contributed by atoms with E-state index in [4.69, 9.17) is 22.7 Å². The molecule has 0 bridgehead atoms. The number of carbonyl (C=O) groups is 1. The molecule has 3 rings (SSSR count). The molecule has 2 aromatic heterocycles. The van der Waals surface area contributed by atoms with Crippen LogP contribution in [0.25, 0.3) is 11.3 Å². The maximum atomic E-state index is 12.3. The number of anilines is 2. The molecule has 0 aromatic carbocycles. The summed E-state index contributed by atoms with van der Waals surface area (Å²) in [7, 11) is 1.75. The summed E-state index contributed by atoms with van der Waals surface area (Å²) < 4.78 is 7.76. The zero-order valence-corrected chi connectivity index (χ0v) is 19.7. The van der Waals surface area contributed by atoms with Crippen LogP contribution in [0.3, 0.4) is 0 Å². The second kappa shape index (κ2) is 8.38. The molecule has 0 spiro atoms. The third kappa shape index (κ3) is 4.84. The molecule has 0 aliphatic carbocycles. The quantitative estimate of drug-likeness (QED) is 0.709. The molecule has 162 valence electrons. The topological polar surface area (TPSA) is 102 Å². The van der Waals surface area contributed by atoms with E-state index in [1.807, 2.05) is 46.2 Å². The second-order valence-corrected chi connectivity index (χ2v) is 9.60. The van der Waals surface area contributed by atoms with Gasteiger partial charge in [0, 0.05) is 38.0 Å². The van der Waals surface area contributed by atoms with Crippen LogP contribution < -0.4 is 10.6 Å². The lowest BCUT2D eigenvalue weighted by atomic mass is 10.1. The Balaban J connectivity index is 1.74. The van der Waals surface area contributed by atoms with E-state index in [1.165, 1.54) is 11.8 Å². The van der Waals surface area contributed by atoms with Gasteiger partial charge in [0.05, 0.1) is 17.4 Å². The van der Waals surface area contributed by atoms with Gasteiger partial charge in [-0.05, 0) is 34.0 Å². The van der Waals surface area contributed by atoms with Crippen LogP contribution in [0, 0.1) is 6.92 Å². The van der Waals surface area contributed by atoms with Crippen LogP contribution in [-0.4, -0.2) is 73.1 Å². The van der Waals surface area contributed by atoms with Gasteiger partial charge >= 0.3 is 6.09 Å². The number of hydrogen-bond donors (Lipinski definition) is 1. The minimum absolute atomic E-state index is 0.0444. The zero-order valence-electron chi connectivity index (χ0n) is 18.0. The number of thioether (sulfide) groups is 1. The maximum Gasteiger partial charge on any atom is 0.410 e. The van der Waals surface area contributed by atoms with Crippen molar-refractivity contribution >= 4 is 46.2 Å². The van der Waals surface area contributed by atoms with Crippen molar-refractivity contribution in [2.24, 2.45) is 0 Å². The van der Waals surface area contributed by atoms with Crippen LogP contribution in [0.1, 0.15) is 26.5 Å². The van der Waals surface area contributed by atoms with Crippen LogP contribution in [0.15, 0.2) is 12.3 Å². The maximum absolute atomic E-state index is 12.3. The largest absolute Gasteiger partial charge is 0.444 e. The molecule has 1 fully saturated rings. The van der Waals surface area contributed by atoms with Crippen LogP contribution in [0.5, 0.6) is 0 Å². The minimum Gasteiger partial charge on any atom is -0.444 e. The Hall–Kier alpha value is -2.40. The van der Waals surface area contributed by atoms with Crippen molar-refractivity contribution < 1.29 is 9.53 Å². The number of hydrogen-bond acceptors (Lipinski definition) is 9. The lowest BCUT2D eigenvalue weighted by Crippen LogP contribution is -2.60. The first-order valence-corrected chi connectivity index (χ1v) is 11.1. The van der Waals surface area contributed by atoms with Gasteiger partial charge in [-0.1, -0.05) is 24.0 Å². The highest BCUT2D eigenvalue weighted by molar-refractivity contribution is 8.22. The summed E-state index contributed by atoms with van der Waals surface area (Å²) in [5, 5.41) is 4.46. The molecular formula is C19H27N7O2S2. The SMILES string of the molecule is CSC(=S)n1cc(-c2cc(N3CC(N(C)C(=O)OC(C)(C)C)C3)nc(N)n2)c(C)n1. The molecule has 1 aliphatic rings. The van der Waals surface area contributed by atoms with E-state index in [0.717, 1.165) is 11.3 Å². The van der Waals surface area contributed by atoms with Gasteiger partial charge in [0.1, 0.15) is 11.4 Å². The van der Waals surface area contributed by atoms with E-state index in [1.54, 1.807) is 16.6 Å². The Kier molecular flexibility index (Phi) is 6.23. The summed E-state index contributed by atoms with van der Waals surface area (Å²) >= 11 is 6.76. The fraction of sp³-hybridized carbons (Fsp3) is 0.526. The van der Waals surface area contributed by atoms with Crippen molar-refractivity contribution in [3.8, 4) is 11.3 Å². The number of aryl methyl sites for hydroxylation is 1. The highest BCUT2D eigenvalue weighted by Crippen LogP contribution is 2.29. The smallest absolute Gasteiger partial charge is 0.410 e. The second-order valence-electron chi connectivity index (χ2n) is 8.16. The van der Waals surface area contributed by atoms with E-state index in [-0.39, 0.29) is 18.1 Å². The molecule has 1 saturated heterocycles. The summed E-state index contributed by atoms with van der Waals surface area (Å²) in [6.07, 6.45) is 3.44. The molecule has 0 saturated carbocycles. The number of ether oxygens (including phenoxy) is 1. The molecule has 9 nitrogen and oxygen atoms in total. The Bertz CT molecular complexity index is 964. The predicted octanol–water partition coefficient (Wildman–Crippen LogP) is 2.78. The van der Waals surface area contributed by atoms with Gasteiger partial charge in [0.15, 0.2) is 4.32 Å². The summed E-state index contributed by atoms with van der Waals surface area (Å²) in [5.74, 6) is 0.900. The molecular weight excluding hydrogens is 422 g/mol. The molecule has 30 heavy (non-hydrogen) atoms. The minimum atomic E-state index is -0.522. The molecule has 0 unspecified atom stereocenters. The first-order valence-electron chi connectivity index (χ1n) is 9.48. The Morgan fingerprint density at radius 1 is 1.37 bits per heavy atom. The Morgan fingerprint density at radius 2 is 2.03 bits per heavy atom. The molecule has 2 aromatic rings. The van der Waals surface area contributed by atoms with E-state index in [0.29, 0.717) is 28.9 Å². The highest BCUT2D eigenvalue weighted by atomic mass is 32.2. The predicted molar refractivity (Wildman–Crippen MR) is 124 cm³/mol. The first kappa shape index (κ1) is 22.3. The Morgan fingerprint density at radius 3 is 2.63 bits per heavy atom. The molecule has 2 N–H and O–H groups in total. The molecule has 11 heteroatoms. The van der Waals surface area contributed by atoms with Gasteiger partial charge in [0.25, 0.3) is 0 Å². The van der Waals surface area contributed by atoms with Crippen molar-refractivity contribution in [1.29, 1.82) is 0 Å². The van der Waals surface area contributed by atoms with Crippen LogP contribution in [0.2, 0.25) is 0 Å². The van der Waals surface area contributed by atoms with Crippen molar-refractivity contribution in [3.05, 3.63) is 18.0 Å². The first-order chi connectivity index (χ1) is 14.0. The van der Waals surface area contributed by atoms with Crippen molar-refractivity contribution in [2.75, 3.05) is 37.0 Å². The normalized spacial score (nSPS) is 14.4. The molecule has 1 amide bonds. The number of thiocarbonyl (C=S) groups is 1. The number of nitrogens with two attached hydrogens (primary N) is 1. The van der Waals surface area contributed by atoms with Gasteiger partial charge in [-0.25, -0.2) is 14.5 Å². The van der Waals surface area contributed by atoms with E-state index >= 15 is 0 Å². The standard InChI is InChI=1S/C19H27N7O2S2/c1-11-13(10-26(23-11)18(29)30-6)14-7-15(22-16(20)21-14)25-8-12(9-25)24(5)17(27)28-19(2,3)4/h7,10,12H,8-9H2,1-6H3,(H2,20,21,22). The third-order valence-electron chi connectivity index (χ3n) is 4.68. The van der Waals surface area contributed by atoms with E-state index in [9.17, 15) is 4.79 Å². The fourth-order valence-electron chi connectivity index (χ4n) is 3.02. The molecule has 0 atom stereocenters. The summed E-state index contributed by atoms with van der Waals surface area (Å²) in [6.45, 7) is 8.75. The van der Waals surface area contributed by atoms with Gasteiger partial charge in [-0.2, -0.15) is 10.1 Å². The van der Waals surface area contributed by atoms with Crippen molar-refractivity contribution in [2.45, 2.75) is 39.3 Å². The lowest BCUT2D eigenvalue weighted by Gasteiger charge is -2.44. The summed E-state index contributed by atoms with van der Waals surface area (Å²) in [4.78, 5) is 24.7. The highest BCUT2D eigenvalue weighted by Gasteiger charge is 2.35. The van der Waals surface area contributed by atoms with Crippen LogP contribution in [0.4, 0.5) is 16.6 Å². The number of aromatic nitrogens is 4. The van der Waals surface area contributed by atoms with Gasteiger partial charge in [0.2, 0.25) is 5.95 Å².